The summed E-state index contributed by atoms with van der Waals surface area (Å²) in [6, 6.07) is 16.8. The number of nitrogens with one attached hydrogen (secondary N) is 2. The molecule has 0 saturated carbocycles. The second kappa shape index (κ2) is 14.2. The molecule has 21 heteroatoms. The Kier molecular flexibility index (Phi) is 9.94. The number of fused-ring (bicyclic) bond motifs is 2. The quantitative estimate of drug-likeness (QED) is 0.0756. The van der Waals surface area contributed by atoms with Crippen LogP contribution in [-0.2, 0) is 35.1 Å². The Labute approximate surface area is 312 Å². The first kappa shape index (κ1) is 38.5. The summed E-state index contributed by atoms with van der Waals surface area (Å²) in [5, 5.41) is 8.07. The number of nitrogens with two attached hydrogens (primary N) is 1. The molecule has 0 spiro atoms. The Morgan fingerprint density at radius 1 is 0.582 bits per heavy atom. The number of hydrogen-bond acceptors (Lipinski definition) is 15. The second-order valence-electron chi connectivity index (χ2n) is 11.7. The summed E-state index contributed by atoms with van der Waals surface area (Å²) in [5.41, 5.74) is 11.9. The van der Waals surface area contributed by atoms with Crippen LogP contribution in [0.5, 0.6) is 11.5 Å². The van der Waals surface area contributed by atoms with Gasteiger partial charge in [-0.15, -0.1) is 0 Å². The minimum Gasteiger partial charge on any atom is -0.494 e. The summed E-state index contributed by atoms with van der Waals surface area (Å²) in [6.45, 7) is 0. The largest absolute Gasteiger partial charge is 0.494 e. The fourth-order valence-corrected chi connectivity index (χ4v) is 7.38. The minimum absolute atomic E-state index is 0.00750. The van der Waals surface area contributed by atoms with Crippen molar-refractivity contribution < 1.29 is 58.0 Å². The molecule has 2 aliphatic carbocycles. The summed E-state index contributed by atoms with van der Waals surface area (Å²) in [4.78, 5) is 24.0. The van der Waals surface area contributed by atoms with Gasteiger partial charge < -0.3 is 15.2 Å². The summed E-state index contributed by atoms with van der Waals surface area (Å²) in [6.07, 6.45) is 1.85. The molecule has 0 radical (unpaired) electrons. The van der Waals surface area contributed by atoms with Gasteiger partial charge in [-0.2, -0.15) is 35.5 Å². The van der Waals surface area contributed by atoms with Crippen molar-refractivity contribution in [1.82, 2.24) is 0 Å². The molecule has 0 unspecified atom stereocenters. The van der Waals surface area contributed by atoms with Gasteiger partial charge in [-0.3, -0.25) is 34.1 Å². The van der Waals surface area contributed by atoms with Crippen molar-refractivity contribution in [1.29, 1.82) is 0 Å². The number of nitrogen functional groups attached to an aromatic ring is 1. The lowest BCUT2D eigenvalue weighted by atomic mass is 9.94. The molecule has 55 heavy (non-hydrogen) atoms. The zero-order chi connectivity index (χ0) is 40.0. The molecule has 0 fully saturated rings. The lowest BCUT2D eigenvalue weighted by Gasteiger charge is -2.18. The Morgan fingerprint density at radius 2 is 1.09 bits per heavy atom. The molecule has 0 amide bonds. The van der Waals surface area contributed by atoms with Gasteiger partial charge in [0.25, 0.3) is 30.4 Å². The topological polar surface area (TPSA) is 291 Å². The highest BCUT2D eigenvalue weighted by Crippen LogP contribution is 2.36. The van der Waals surface area contributed by atoms with E-state index < -0.39 is 68.0 Å². The first-order valence-corrected chi connectivity index (χ1v) is 19.7. The van der Waals surface area contributed by atoms with E-state index in [2.05, 4.69) is 21.1 Å². The van der Waals surface area contributed by atoms with E-state index in [0.29, 0.717) is 11.1 Å². The number of allylic oxidation sites excluding steroid dienone is 2. The number of rotatable bonds is 10. The summed E-state index contributed by atoms with van der Waals surface area (Å²) >= 11 is 0. The highest BCUT2D eigenvalue weighted by atomic mass is 32.2. The standard InChI is InChI=1S/C34H27N5O13S3/c1-51-27-13-17(3-9-25(27)36-38-31-23-8-6-22(53(42,43)44)12-20(23)16-30(34(31)41)55(48,49)50)18-4-10-26(28(14-18)52-2)37-39-32-29(54(45,46)47)15-19-11-21(35)5-7-24(19)33(32)40/h3-16,36-37H,35H2,1-2H3,(H,42,43,44)(H,45,46,47)(H,48,49,50)/b38-31-,39-32-. The average Bonchev–Trinajstić information content (AvgIpc) is 3.12. The van der Waals surface area contributed by atoms with Gasteiger partial charge in [0, 0.05) is 16.8 Å². The maximum atomic E-state index is 13.2. The normalized spacial score (nSPS) is 15.9. The van der Waals surface area contributed by atoms with Crippen LogP contribution in [0.1, 0.15) is 27.0 Å². The van der Waals surface area contributed by atoms with Crippen LogP contribution in [0.25, 0.3) is 23.3 Å². The monoisotopic (exact) mass is 809 g/mol. The Hall–Kier alpha value is -6.23. The van der Waals surface area contributed by atoms with Crippen LogP contribution >= 0.6 is 0 Å². The van der Waals surface area contributed by atoms with Gasteiger partial charge in [0.1, 0.15) is 27.0 Å². The summed E-state index contributed by atoms with van der Waals surface area (Å²) in [7, 11) is -12.0. The third-order valence-corrected chi connectivity index (χ3v) is 10.8. The van der Waals surface area contributed by atoms with Crippen molar-refractivity contribution in [3.05, 3.63) is 105 Å². The molecule has 284 valence electrons. The van der Waals surface area contributed by atoms with Crippen LogP contribution in [-0.4, -0.2) is 76.1 Å². The second-order valence-corrected chi connectivity index (χ2v) is 15.9. The number of benzene rings is 4. The number of ketones is 2. The van der Waals surface area contributed by atoms with Gasteiger partial charge in [-0.1, -0.05) is 18.2 Å². The maximum absolute atomic E-state index is 13.2. The summed E-state index contributed by atoms with van der Waals surface area (Å²) in [5.74, 6) is -1.58. The van der Waals surface area contributed by atoms with E-state index in [1.54, 1.807) is 24.3 Å². The lowest BCUT2D eigenvalue weighted by Crippen LogP contribution is -2.27. The van der Waals surface area contributed by atoms with E-state index in [0.717, 1.165) is 30.4 Å². The van der Waals surface area contributed by atoms with E-state index >= 15 is 0 Å². The van der Waals surface area contributed by atoms with E-state index in [1.165, 1.54) is 44.6 Å². The predicted octanol–water partition coefficient (Wildman–Crippen LogP) is 3.72. The molecule has 0 aliphatic heterocycles. The smallest absolute Gasteiger partial charge is 0.298 e. The molecule has 0 atom stereocenters. The van der Waals surface area contributed by atoms with Crippen molar-refractivity contribution in [2.45, 2.75) is 4.90 Å². The zero-order valence-electron chi connectivity index (χ0n) is 28.2. The first-order chi connectivity index (χ1) is 25.8. The van der Waals surface area contributed by atoms with Gasteiger partial charge in [0.15, 0.2) is 5.71 Å². The van der Waals surface area contributed by atoms with Gasteiger partial charge in [-0.05, 0) is 89.0 Å². The van der Waals surface area contributed by atoms with Crippen LogP contribution in [0.4, 0.5) is 17.1 Å². The van der Waals surface area contributed by atoms with Crippen LogP contribution in [0.2, 0.25) is 0 Å². The fourth-order valence-electron chi connectivity index (χ4n) is 5.60. The highest BCUT2D eigenvalue weighted by molar-refractivity contribution is 7.91. The van der Waals surface area contributed by atoms with Crippen molar-refractivity contribution in [2.24, 2.45) is 10.2 Å². The third kappa shape index (κ3) is 7.73. The maximum Gasteiger partial charge on any atom is 0.298 e. The average molecular weight is 810 g/mol. The van der Waals surface area contributed by atoms with Crippen molar-refractivity contribution >= 4 is 82.6 Å². The number of ether oxygens (including phenoxy) is 2. The van der Waals surface area contributed by atoms with Gasteiger partial charge >= 0.3 is 0 Å². The zero-order valence-corrected chi connectivity index (χ0v) is 30.7. The van der Waals surface area contributed by atoms with Crippen LogP contribution in [0.15, 0.2) is 97.7 Å². The molecular formula is C34H27N5O13S3. The predicted molar refractivity (Wildman–Crippen MR) is 202 cm³/mol. The van der Waals surface area contributed by atoms with Crippen molar-refractivity contribution in [3.8, 4) is 22.6 Å². The van der Waals surface area contributed by atoms with Crippen LogP contribution in [0.3, 0.4) is 0 Å². The molecule has 0 aromatic heterocycles. The number of carbonyl (C=O) groups is 2. The van der Waals surface area contributed by atoms with Gasteiger partial charge in [-0.25, -0.2) is 0 Å². The molecule has 0 bridgehead atoms. The molecular weight excluding hydrogens is 783 g/mol. The lowest BCUT2D eigenvalue weighted by molar-refractivity contribution is -0.109. The molecule has 2 aliphatic rings. The highest BCUT2D eigenvalue weighted by Gasteiger charge is 2.35. The minimum atomic E-state index is -5.08. The van der Waals surface area contributed by atoms with Crippen molar-refractivity contribution in [2.75, 3.05) is 30.8 Å². The third-order valence-electron chi connectivity index (χ3n) is 8.23. The number of hydrazone groups is 2. The van der Waals surface area contributed by atoms with E-state index in [4.69, 9.17) is 15.2 Å². The Balaban J connectivity index is 1.30. The molecule has 6 rings (SSSR count). The number of carbonyl (C=O) groups excluding carboxylic acids is 2. The van der Waals surface area contributed by atoms with Gasteiger partial charge in [0.05, 0.1) is 30.5 Å². The van der Waals surface area contributed by atoms with Crippen molar-refractivity contribution in [3.63, 3.8) is 0 Å². The molecule has 4 aromatic rings. The molecule has 18 nitrogen and oxygen atoms in total. The first-order valence-electron chi connectivity index (χ1n) is 15.3. The van der Waals surface area contributed by atoms with Crippen LogP contribution < -0.4 is 26.1 Å². The molecule has 7 N–H and O–H groups in total. The number of nitrogens with zero attached hydrogens (tertiary/aromatic N) is 2. The van der Waals surface area contributed by atoms with Gasteiger partial charge in [0.2, 0.25) is 11.6 Å². The molecule has 0 saturated heterocycles. The Bertz CT molecular complexity index is 2810. The van der Waals surface area contributed by atoms with E-state index in [-0.39, 0.29) is 50.8 Å². The Morgan fingerprint density at radius 3 is 1.62 bits per heavy atom. The number of anilines is 3. The number of hydrogen-bond donors (Lipinski definition) is 6. The number of Topliss-reactive ketones (excluding diaryl/α,β-unsaturated/α-hetero) is 2. The van der Waals surface area contributed by atoms with E-state index in [1.807, 2.05) is 0 Å². The van der Waals surface area contributed by atoms with E-state index in [9.17, 15) is 48.5 Å². The molecule has 4 aromatic carbocycles. The van der Waals surface area contributed by atoms with Crippen LogP contribution in [0, 0.1) is 0 Å². The molecule has 0 heterocycles. The fraction of sp³-hybridized carbons (Fsp3) is 0.0588. The summed E-state index contributed by atoms with van der Waals surface area (Å²) < 4.78 is 112. The SMILES string of the molecule is COc1cc(-c2ccc(N/N=C3\C(=O)c4ccc(N)cc4C=C3S(=O)(=O)O)c(OC)c2)ccc1N/N=C1\C(=O)C(S(=O)(=O)O)=Cc2cc(S(=O)(=O)O)ccc21. The number of methoxy groups -OCH3 is 2.